The van der Waals surface area contributed by atoms with Crippen LogP contribution in [-0.2, 0) is 4.74 Å². The van der Waals surface area contributed by atoms with Crippen molar-refractivity contribution in [3.8, 4) is 0 Å². The Morgan fingerprint density at radius 2 is 1.83 bits per heavy atom. The van der Waals surface area contributed by atoms with Crippen molar-refractivity contribution >= 4 is 6.09 Å². The van der Waals surface area contributed by atoms with Gasteiger partial charge in [0, 0.05) is 25.2 Å². The first-order chi connectivity index (χ1) is 10.8. The van der Waals surface area contributed by atoms with Gasteiger partial charge in [-0.2, -0.15) is 0 Å². The van der Waals surface area contributed by atoms with Crippen LogP contribution in [0.15, 0.2) is 0 Å². The van der Waals surface area contributed by atoms with Crippen LogP contribution in [0.1, 0.15) is 73.1 Å². The van der Waals surface area contributed by atoms with E-state index in [2.05, 4.69) is 19.2 Å². The lowest BCUT2D eigenvalue weighted by molar-refractivity contribution is 0.0223. The van der Waals surface area contributed by atoms with Crippen molar-refractivity contribution in [3.05, 3.63) is 0 Å². The van der Waals surface area contributed by atoms with Gasteiger partial charge in [0.1, 0.15) is 5.60 Å². The van der Waals surface area contributed by atoms with Gasteiger partial charge in [-0.05, 0) is 71.1 Å². The SMILES string of the molecule is CC(C)[C@H]1CC[C@H](NC[C@H]2CCCN2C(=O)OC(C)(C)C)CC1. The largest absolute Gasteiger partial charge is 0.444 e. The number of hydrogen-bond donors (Lipinski definition) is 1. The molecular formula is C19H36N2O2. The number of likely N-dealkylation sites (tertiary alicyclic amines) is 1. The lowest BCUT2D eigenvalue weighted by atomic mass is 9.79. The van der Waals surface area contributed by atoms with Gasteiger partial charge in [0.15, 0.2) is 0 Å². The van der Waals surface area contributed by atoms with Crippen molar-refractivity contribution < 1.29 is 9.53 Å². The van der Waals surface area contributed by atoms with E-state index in [-0.39, 0.29) is 6.09 Å². The van der Waals surface area contributed by atoms with E-state index in [9.17, 15) is 4.79 Å². The van der Waals surface area contributed by atoms with E-state index in [1.54, 1.807) is 0 Å². The summed E-state index contributed by atoms with van der Waals surface area (Å²) >= 11 is 0. The van der Waals surface area contributed by atoms with Crippen LogP contribution in [0.5, 0.6) is 0 Å². The Hall–Kier alpha value is -0.770. The van der Waals surface area contributed by atoms with Gasteiger partial charge in [-0.1, -0.05) is 13.8 Å². The van der Waals surface area contributed by atoms with Crippen molar-refractivity contribution in [3.63, 3.8) is 0 Å². The molecule has 2 aliphatic rings. The van der Waals surface area contributed by atoms with E-state index in [1.165, 1.54) is 25.7 Å². The van der Waals surface area contributed by atoms with Gasteiger partial charge < -0.3 is 15.0 Å². The number of ether oxygens (including phenoxy) is 1. The minimum atomic E-state index is -0.410. The topological polar surface area (TPSA) is 41.6 Å². The molecule has 1 saturated heterocycles. The number of amides is 1. The molecule has 0 aromatic carbocycles. The van der Waals surface area contributed by atoms with E-state index in [0.717, 1.165) is 37.8 Å². The maximum absolute atomic E-state index is 12.3. The molecule has 2 fully saturated rings. The van der Waals surface area contributed by atoms with Crippen LogP contribution in [0, 0.1) is 11.8 Å². The van der Waals surface area contributed by atoms with Gasteiger partial charge in [0.2, 0.25) is 0 Å². The third-order valence-corrected chi connectivity index (χ3v) is 5.36. The van der Waals surface area contributed by atoms with Crippen molar-refractivity contribution in [2.45, 2.75) is 90.8 Å². The van der Waals surface area contributed by atoms with Gasteiger partial charge in [-0.15, -0.1) is 0 Å². The van der Waals surface area contributed by atoms with Crippen LogP contribution < -0.4 is 5.32 Å². The Balaban J connectivity index is 1.75. The fourth-order valence-corrected chi connectivity index (χ4v) is 3.90. The molecule has 23 heavy (non-hydrogen) atoms. The Bertz CT molecular complexity index is 381. The van der Waals surface area contributed by atoms with Gasteiger partial charge in [0.25, 0.3) is 0 Å². The molecule has 0 unspecified atom stereocenters. The second kappa shape index (κ2) is 7.87. The third-order valence-electron chi connectivity index (χ3n) is 5.36. The molecule has 1 amide bonds. The second-order valence-electron chi connectivity index (χ2n) is 8.73. The van der Waals surface area contributed by atoms with Crippen LogP contribution >= 0.6 is 0 Å². The summed E-state index contributed by atoms with van der Waals surface area (Å²) in [4.78, 5) is 14.2. The first-order valence-electron chi connectivity index (χ1n) is 9.49. The summed E-state index contributed by atoms with van der Waals surface area (Å²) in [6, 6.07) is 0.929. The maximum atomic E-state index is 12.3. The Kier molecular flexibility index (Phi) is 6.35. The molecule has 1 aliphatic carbocycles. The van der Waals surface area contributed by atoms with Crippen molar-refractivity contribution in [2.75, 3.05) is 13.1 Å². The third kappa shape index (κ3) is 5.66. The first kappa shape index (κ1) is 18.6. The number of rotatable bonds is 4. The molecule has 2 rings (SSSR count). The molecule has 0 bridgehead atoms. The molecule has 1 saturated carbocycles. The highest BCUT2D eigenvalue weighted by molar-refractivity contribution is 5.69. The molecule has 1 N–H and O–H groups in total. The van der Waals surface area contributed by atoms with Gasteiger partial charge >= 0.3 is 6.09 Å². The molecular weight excluding hydrogens is 288 g/mol. The molecule has 0 spiro atoms. The van der Waals surface area contributed by atoms with Gasteiger partial charge in [0.05, 0.1) is 0 Å². The number of carbonyl (C=O) groups excluding carboxylic acids is 1. The molecule has 1 heterocycles. The summed E-state index contributed by atoms with van der Waals surface area (Å²) in [6.07, 6.45) is 7.28. The summed E-state index contributed by atoms with van der Waals surface area (Å²) in [5, 5.41) is 3.72. The molecule has 4 nitrogen and oxygen atoms in total. The predicted octanol–water partition coefficient (Wildman–Crippen LogP) is 4.19. The second-order valence-corrected chi connectivity index (χ2v) is 8.73. The Morgan fingerprint density at radius 3 is 2.39 bits per heavy atom. The van der Waals surface area contributed by atoms with E-state index >= 15 is 0 Å². The molecule has 134 valence electrons. The Labute approximate surface area is 142 Å². The van der Waals surface area contributed by atoms with E-state index in [1.807, 2.05) is 25.7 Å². The molecule has 1 atom stereocenters. The smallest absolute Gasteiger partial charge is 0.410 e. The molecule has 1 aliphatic heterocycles. The van der Waals surface area contributed by atoms with Crippen LogP contribution in [0.4, 0.5) is 4.79 Å². The lowest BCUT2D eigenvalue weighted by Gasteiger charge is -2.33. The zero-order chi connectivity index (χ0) is 17.0. The van der Waals surface area contributed by atoms with Crippen LogP contribution in [0.2, 0.25) is 0 Å². The maximum Gasteiger partial charge on any atom is 0.410 e. The van der Waals surface area contributed by atoms with Gasteiger partial charge in [-0.25, -0.2) is 4.79 Å². The average molecular weight is 325 g/mol. The standard InChI is InChI=1S/C19H36N2O2/c1-14(2)15-8-10-16(11-9-15)20-13-17-7-6-12-21(17)18(22)23-19(3,4)5/h14-17,20H,6-13H2,1-5H3/t15-,16-,17-/m1/s1. The number of hydrogen-bond acceptors (Lipinski definition) is 3. The summed E-state index contributed by atoms with van der Waals surface area (Å²) in [7, 11) is 0. The highest BCUT2D eigenvalue weighted by atomic mass is 16.6. The predicted molar refractivity (Wildman–Crippen MR) is 94.5 cm³/mol. The summed E-state index contributed by atoms with van der Waals surface area (Å²) in [6.45, 7) is 12.2. The number of nitrogens with one attached hydrogen (secondary N) is 1. The summed E-state index contributed by atoms with van der Waals surface area (Å²) in [5.41, 5.74) is -0.410. The molecule has 0 radical (unpaired) electrons. The molecule has 4 heteroatoms. The summed E-state index contributed by atoms with van der Waals surface area (Å²) < 4.78 is 5.54. The monoisotopic (exact) mass is 324 g/mol. The van der Waals surface area contributed by atoms with Crippen LogP contribution in [-0.4, -0.2) is 41.8 Å². The fraction of sp³-hybridized carbons (Fsp3) is 0.947. The van der Waals surface area contributed by atoms with E-state index < -0.39 is 5.60 Å². The minimum Gasteiger partial charge on any atom is -0.444 e. The van der Waals surface area contributed by atoms with Crippen molar-refractivity contribution in [1.29, 1.82) is 0 Å². The van der Waals surface area contributed by atoms with Crippen molar-refractivity contribution in [2.24, 2.45) is 11.8 Å². The first-order valence-corrected chi connectivity index (χ1v) is 9.49. The van der Waals surface area contributed by atoms with E-state index in [0.29, 0.717) is 12.1 Å². The number of nitrogens with zero attached hydrogens (tertiary/aromatic N) is 1. The zero-order valence-electron chi connectivity index (χ0n) is 15.7. The van der Waals surface area contributed by atoms with Gasteiger partial charge in [-0.3, -0.25) is 0 Å². The minimum absolute atomic E-state index is 0.148. The number of carbonyl (C=O) groups is 1. The quantitative estimate of drug-likeness (QED) is 0.843. The van der Waals surface area contributed by atoms with Crippen LogP contribution in [0.25, 0.3) is 0 Å². The highest BCUT2D eigenvalue weighted by Gasteiger charge is 2.32. The lowest BCUT2D eigenvalue weighted by Crippen LogP contribution is -2.46. The normalized spacial score (nSPS) is 29.1. The van der Waals surface area contributed by atoms with Crippen molar-refractivity contribution in [1.82, 2.24) is 10.2 Å². The molecule has 0 aromatic rings. The molecule has 0 aromatic heterocycles. The summed E-state index contributed by atoms with van der Waals surface area (Å²) in [5.74, 6) is 1.71. The zero-order valence-corrected chi connectivity index (χ0v) is 15.7. The average Bonchev–Trinajstić information content (AvgIpc) is 2.92. The van der Waals surface area contributed by atoms with Crippen LogP contribution in [0.3, 0.4) is 0 Å². The van der Waals surface area contributed by atoms with E-state index in [4.69, 9.17) is 4.74 Å². The fourth-order valence-electron chi connectivity index (χ4n) is 3.90. The highest BCUT2D eigenvalue weighted by Crippen LogP contribution is 2.30. The Morgan fingerprint density at radius 1 is 1.17 bits per heavy atom.